The topological polar surface area (TPSA) is 65.5 Å². The van der Waals surface area contributed by atoms with Crippen molar-refractivity contribution in [1.82, 2.24) is 14.6 Å². The van der Waals surface area contributed by atoms with Gasteiger partial charge in [0.1, 0.15) is 5.82 Å². The van der Waals surface area contributed by atoms with Crippen LogP contribution in [0.3, 0.4) is 0 Å². The van der Waals surface area contributed by atoms with E-state index in [0.29, 0.717) is 0 Å². The highest BCUT2D eigenvalue weighted by atomic mass is 35.5. The summed E-state index contributed by atoms with van der Waals surface area (Å²) in [4.78, 5) is 10.1. The number of sulfonamides is 1. The minimum Gasteiger partial charge on any atom is -0.354 e. The van der Waals surface area contributed by atoms with Crippen LogP contribution < -0.4 is 9.62 Å². The van der Waals surface area contributed by atoms with Crippen molar-refractivity contribution >= 4 is 51.4 Å². The molecule has 0 spiro atoms. The van der Waals surface area contributed by atoms with Crippen molar-refractivity contribution in [1.29, 1.82) is 0 Å². The van der Waals surface area contributed by atoms with Crippen LogP contribution in [0.4, 0.5) is 5.82 Å². The molecule has 0 bridgehead atoms. The standard InChI is InChI=1S/C22H26N4O2S.2ClH/c1-3-25-12-14-26(15-13-25)22-20-7-5-4-6-18(20)16-21(24-22)17-8-10-19(11-9-17)29(27,28)23-2;;/h4-11,16,23H,3,12-15H2,1-2H3;2*1H. The van der Waals surface area contributed by atoms with Gasteiger partial charge in [-0.25, -0.2) is 18.1 Å². The van der Waals surface area contributed by atoms with Crippen molar-refractivity contribution in [2.75, 3.05) is 44.7 Å². The lowest BCUT2D eigenvalue weighted by atomic mass is 10.1. The van der Waals surface area contributed by atoms with Gasteiger partial charge in [0.05, 0.1) is 10.6 Å². The molecule has 6 nitrogen and oxygen atoms in total. The molecule has 0 amide bonds. The third kappa shape index (κ3) is 5.30. The third-order valence-electron chi connectivity index (χ3n) is 5.57. The van der Waals surface area contributed by atoms with Gasteiger partial charge >= 0.3 is 0 Å². The van der Waals surface area contributed by atoms with Gasteiger partial charge in [0.25, 0.3) is 0 Å². The molecule has 1 N–H and O–H groups in total. The van der Waals surface area contributed by atoms with Crippen LogP contribution in [0.2, 0.25) is 0 Å². The molecule has 1 aliphatic heterocycles. The first kappa shape index (κ1) is 25.4. The Morgan fingerprint density at radius 3 is 2.23 bits per heavy atom. The molecule has 4 rings (SSSR count). The van der Waals surface area contributed by atoms with Crippen LogP contribution in [0.5, 0.6) is 0 Å². The van der Waals surface area contributed by atoms with E-state index in [2.05, 4.69) is 39.6 Å². The molecule has 9 heteroatoms. The number of halogens is 2. The van der Waals surface area contributed by atoms with Gasteiger partial charge in [0.2, 0.25) is 10.0 Å². The Morgan fingerprint density at radius 2 is 1.61 bits per heavy atom. The summed E-state index contributed by atoms with van der Waals surface area (Å²) in [6.45, 7) is 7.24. The summed E-state index contributed by atoms with van der Waals surface area (Å²) in [5, 5.41) is 2.29. The minimum absolute atomic E-state index is 0. The highest BCUT2D eigenvalue weighted by molar-refractivity contribution is 7.89. The van der Waals surface area contributed by atoms with Crippen molar-refractivity contribution in [2.24, 2.45) is 0 Å². The van der Waals surface area contributed by atoms with Gasteiger partial charge in [-0.2, -0.15) is 0 Å². The second-order valence-corrected chi connectivity index (χ2v) is 9.09. The van der Waals surface area contributed by atoms with Crippen molar-refractivity contribution in [3.63, 3.8) is 0 Å². The van der Waals surface area contributed by atoms with Crippen LogP contribution in [-0.4, -0.2) is 58.1 Å². The monoisotopic (exact) mass is 482 g/mol. The number of benzene rings is 2. The Labute approximate surface area is 196 Å². The number of aromatic nitrogens is 1. The molecule has 168 valence electrons. The zero-order chi connectivity index (χ0) is 20.4. The van der Waals surface area contributed by atoms with Crippen LogP contribution in [0.25, 0.3) is 22.0 Å². The molecule has 2 aromatic carbocycles. The fourth-order valence-electron chi connectivity index (χ4n) is 3.77. The second kappa shape index (κ2) is 10.6. The van der Waals surface area contributed by atoms with Crippen LogP contribution in [0.1, 0.15) is 6.92 Å². The summed E-state index contributed by atoms with van der Waals surface area (Å²) in [5.74, 6) is 1.00. The van der Waals surface area contributed by atoms with E-state index in [1.807, 2.05) is 24.3 Å². The lowest BCUT2D eigenvalue weighted by molar-refractivity contribution is 0.271. The van der Waals surface area contributed by atoms with Gasteiger partial charge in [-0.1, -0.05) is 43.3 Å². The van der Waals surface area contributed by atoms with E-state index in [0.717, 1.165) is 60.6 Å². The number of pyridine rings is 1. The third-order valence-corrected chi connectivity index (χ3v) is 7.00. The minimum atomic E-state index is -3.45. The summed E-state index contributed by atoms with van der Waals surface area (Å²) in [6.07, 6.45) is 0. The smallest absolute Gasteiger partial charge is 0.240 e. The Hall–Kier alpha value is -1.90. The molecular weight excluding hydrogens is 455 g/mol. The number of anilines is 1. The Kier molecular flexibility index (Phi) is 8.68. The number of rotatable bonds is 5. The van der Waals surface area contributed by atoms with E-state index in [9.17, 15) is 8.42 Å². The molecule has 0 unspecified atom stereocenters. The molecule has 31 heavy (non-hydrogen) atoms. The number of piperazine rings is 1. The maximum atomic E-state index is 12.0. The Bertz CT molecular complexity index is 1120. The fourth-order valence-corrected chi connectivity index (χ4v) is 4.50. The number of hydrogen-bond donors (Lipinski definition) is 1. The average Bonchev–Trinajstić information content (AvgIpc) is 2.78. The number of fused-ring (bicyclic) bond motifs is 1. The van der Waals surface area contributed by atoms with Crippen LogP contribution >= 0.6 is 24.8 Å². The van der Waals surface area contributed by atoms with Crippen molar-refractivity contribution in [3.05, 3.63) is 54.6 Å². The number of nitrogens with zero attached hydrogens (tertiary/aromatic N) is 3. The zero-order valence-electron chi connectivity index (χ0n) is 17.6. The summed E-state index contributed by atoms with van der Waals surface area (Å²) >= 11 is 0. The number of hydrogen-bond acceptors (Lipinski definition) is 5. The lowest BCUT2D eigenvalue weighted by Crippen LogP contribution is -2.46. The van der Waals surface area contributed by atoms with Crippen LogP contribution in [0, 0.1) is 0 Å². The molecule has 0 saturated carbocycles. The first-order valence-corrected chi connectivity index (χ1v) is 11.4. The van der Waals surface area contributed by atoms with Crippen LogP contribution in [0.15, 0.2) is 59.5 Å². The van der Waals surface area contributed by atoms with Gasteiger partial charge in [0, 0.05) is 37.1 Å². The molecule has 1 aromatic heterocycles. The molecule has 1 fully saturated rings. The lowest BCUT2D eigenvalue weighted by Gasteiger charge is -2.35. The van der Waals surface area contributed by atoms with Crippen molar-refractivity contribution in [2.45, 2.75) is 11.8 Å². The normalized spacial score (nSPS) is 14.7. The van der Waals surface area contributed by atoms with Gasteiger partial charge in [-0.15, -0.1) is 24.8 Å². The SMILES string of the molecule is CCN1CCN(c2nc(-c3ccc(S(=O)(=O)NC)cc3)cc3ccccc23)CC1.Cl.Cl. The Balaban J connectivity index is 0.00000171. The summed E-state index contributed by atoms with van der Waals surface area (Å²) < 4.78 is 26.3. The highest BCUT2D eigenvalue weighted by Gasteiger charge is 2.20. The number of likely N-dealkylation sites (N-methyl/N-ethyl adjacent to an activating group) is 1. The van der Waals surface area contributed by atoms with E-state index in [-0.39, 0.29) is 29.7 Å². The predicted octanol–water partition coefficient (Wildman–Crippen LogP) is 3.80. The molecule has 1 saturated heterocycles. The highest BCUT2D eigenvalue weighted by Crippen LogP contribution is 2.31. The van der Waals surface area contributed by atoms with Gasteiger partial charge in [-0.3, -0.25) is 0 Å². The maximum absolute atomic E-state index is 12.0. The molecular formula is C22H28Cl2N4O2S. The zero-order valence-corrected chi connectivity index (χ0v) is 20.1. The molecule has 0 aliphatic carbocycles. The summed E-state index contributed by atoms with van der Waals surface area (Å²) in [5.41, 5.74) is 1.75. The molecule has 0 atom stereocenters. The van der Waals surface area contributed by atoms with Gasteiger partial charge in [-0.05, 0) is 37.2 Å². The first-order chi connectivity index (χ1) is 14.0. The van der Waals surface area contributed by atoms with Crippen molar-refractivity contribution in [3.8, 4) is 11.3 Å². The van der Waals surface area contributed by atoms with E-state index in [1.165, 1.54) is 7.05 Å². The van der Waals surface area contributed by atoms with Gasteiger partial charge < -0.3 is 9.80 Å². The molecule has 2 heterocycles. The number of nitrogens with one attached hydrogen (secondary N) is 1. The van der Waals surface area contributed by atoms with E-state index < -0.39 is 10.0 Å². The van der Waals surface area contributed by atoms with E-state index in [4.69, 9.17) is 4.98 Å². The van der Waals surface area contributed by atoms with Gasteiger partial charge in [0.15, 0.2) is 0 Å². The van der Waals surface area contributed by atoms with Crippen LogP contribution in [-0.2, 0) is 10.0 Å². The largest absolute Gasteiger partial charge is 0.354 e. The first-order valence-electron chi connectivity index (χ1n) is 9.93. The average molecular weight is 483 g/mol. The second-order valence-electron chi connectivity index (χ2n) is 7.21. The maximum Gasteiger partial charge on any atom is 0.240 e. The molecule has 3 aromatic rings. The van der Waals surface area contributed by atoms with Crippen molar-refractivity contribution < 1.29 is 8.42 Å². The van der Waals surface area contributed by atoms with E-state index in [1.54, 1.807) is 12.1 Å². The molecule has 1 aliphatic rings. The molecule has 0 radical (unpaired) electrons. The fraction of sp³-hybridized carbons (Fsp3) is 0.318. The predicted molar refractivity (Wildman–Crippen MR) is 132 cm³/mol. The summed E-state index contributed by atoms with van der Waals surface area (Å²) in [7, 11) is -2.03. The quantitative estimate of drug-likeness (QED) is 0.598. The summed E-state index contributed by atoms with van der Waals surface area (Å²) in [6, 6.07) is 17.3. The van der Waals surface area contributed by atoms with E-state index >= 15 is 0 Å². The Morgan fingerprint density at radius 1 is 0.968 bits per heavy atom.